The average Bonchev–Trinajstić information content (AvgIpc) is 2.20. The third-order valence-corrected chi connectivity index (χ3v) is 1.80. The molecule has 0 fully saturated rings. The van der Waals surface area contributed by atoms with E-state index in [-0.39, 0.29) is 11.4 Å². The molecule has 5 heteroatoms. The number of aryl methyl sites for hydroxylation is 1. The van der Waals surface area contributed by atoms with Gasteiger partial charge in [-0.3, -0.25) is 10.1 Å². The van der Waals surface area contributed by atoms with E-state index < -0.39 is 11.0 Å². The fourth-order valence-corrected chi connectivity index (χ4v) is 1.09. The Kier molecular flexibility index (Phi) is 3.24. The van der Waals surface area contributed by atoms with Crippen LogP contribution in [0.4, 0.5) is 5.69 Å². The van der Waals surface area contributed by atoms with Crippen molar-refractivity contribution < 1.29 is 9.66 Å². The number of benzene rings is 1. The van der Waals surface area contributed by atoms with Crippen molar-refractivity contribution in [1.82, 2.24) is 0 Å². The van der Waals surface area contributed by atoms with Crippen LogP contribution in [0.3, 0.4) is 0 Å². The molecule has 0 radical (unpaired) electrons. The maximum atomic E-state index is 10.7. The number of hydrogen-bond acceptors (Lipinski definition) is 4. The second kappa shape index (κ2) is 4.42. The average molecular weight is 206 g/mol. The van der Waals surface area contributed by atoms with Crippen molar-refractivity contribution in [3.8, 4) is 11.8 Å². The molecule has 0 saturated carbocycles. The highest BCUT2D eigenvalue weighted by Crippen LogP contribution is 2.28. The normalized spacial score (nSPS) is 11.5. The fourth-order valence-electron chi connectivity index (χ4n) is 1.09. The van der Waals surface area contributed by atoms with E-state index in [0.29, 0.717) is 0 Å². The lowest BCUT2D eigenvalue weighted by atomic mass is 10.2. The Labute approximate surface area is 87.1 Å². The van der Waals surface area contributed by atoms with Gasteiger partial charge in [0.25, 0.3) is 0 Å². The summed E-state index contributed by atoms with van der Waals surface area (Å²) in [6.45, 7) is 3.29. The summed E-state index contributed by atoms with van der Waals surface area (Å²) in [6.07, 6.45) is -0.702. The van der Waals surface area contributed by atoms with E-state index in [1.54, 1.807) is 13.0 Å². The highest BCUT2D eigenvalue weighted by atomic mass is 16.6. The summed E-state index contributed by atoms with van der Waals surface area (Å²) in [6, 6.07) is 6.47. The van der Waals surface area contributed by atoms with Crippen molar-refractivity contribution in [3.05, 3.63) is 33.9 Å². The van der Waals surface area contributed by atoms with Crippen LogP contribution in [0.5, 0.6) is 5.75 Å². The molecule has 0 heterocycles. The quantitative estimate of drug-likeness (QED) is 0.561. The molecule has 5 nitrogen and oxygen atoms in total. The van der Waals surface area contributed by atoms with Gasteiger partial charge in [0, 0.05) is 6.07 Å². The Morgan fingerprint density at radius 3 is 2.80 bits per heavy atom. The molecule has 1 aromatic carbocycles. The summed E-state index contributed by atoms with van der Waals surface area (Å²) in [7, 11) is 0. The van der Waals surface area contributed by atoms with Crippen LogP contribution in [-0.4, -0.2) is 11.0 Å². The Hall–Kier alpha value is -2.09. The molecule has 78 valence electrons. The predicted octanol–water partition coefficient (Wildman–Crippen LogP) is 2.19. The SMILES string of the molecule is Cc1ccc(OC(C)C#N)c([N+](=O)[O-])c1. The van der Waals surface area contributed by atoms with Gasteiger partial charge in [0.15, 0.2) is 11.9 Å². The third-order valence-electron chi connectivity index (χ3n) is 1.80. The Bertz CT molecular complexity index is 423. The fraction of sp³-hybridized carbons (Fsp3) is 0.300. The number of hydrogen-bond donors (Lipinski definition) is 0. The van der Waals surface area contributed by atoms with Crippen molar-refractivity contribution in [2.24, 2.45) is 0 Å². The maximum Gasteiger partial charge on any atom is 0.311 e. The van der Waals surface area contributed by atoms with Crippen LogP contribution in [-0.2, 0) is 0 Å². The first-order valence-electron chi connectivity index (χ1n) is 4.36. The summed E-state index contributed by atoms with van der Waals surface area (Å²) in [5, 5.41) is 19.2. The zero-order valence-electron chi connectivity index (χ0n) is 8.43. The van der Waals surface area contributed by atoms with Crippen LogP contribution >= 0.6 is 0 Å². The van der Waals surface area contributed by atoms with Crippen LogP contribution in [0.1, 0.15) is 12.5 Å². The molecule has 0 amide bonds. The molecule has 0 N–H and O–H groups in total. The number of nitro benzene ring substituents is 1. The molecule has 0 spiro atoms. The Morgan fingerprint density at radius 1 is 1.60 bits per heavy atom. The van der Waals surface area contributed by atoms with Crippen molar-refractivity contribution >= 4 is 5.69 Å². The van der Waals surface area contributed by atoms with Gasteiger partial charge < -0.3 is 4.74 Å². The van der Waals surface area contributed by atoms with Crippen molar-refractivity contribution in [3.63, 3.8) is 0 Å². The number of ether oxygens (including phenoxy) is 1. The monoisotopic (exact) mass is 206 g/mol. The summed E-state index contributed by atoms with van der Waals surface area (Å²) >= 11 is 0. The molecule has 0 bridgehead atoms. The van der Waals surface area contributed by atoms with Gasteiger partial charge in [-0.1, -0.05) is 6.07 Å². The minimum Gasteiger partial charge on any atom is -0.469 e. The standard InChI is InChI=1S/C10H10N2O3/c1-7-3-4-10(15-8(2)6-11)9(5-7)12(13)14/h3-5,8H,1-2H3. The topological polar surface area (TPSA) is 76.2 Å². The second-order valence-electron chi connectivity index (χ2n) is 3.12. The van der Waals surface area contributed by atoms with Gasteiger partial charge >= 0.3 is 5.69 Å². The van der Waals surface area contributed by atoms with Gasteiger partial charge in [-0.05, 0) is 25.5 Å². The second-order valence-corrected chi connectivity index (χ2v) is 3.12. The summed E-state index contributed by atoms with van der Waals surface area (Å²) in [5.74, 6) is 0.125. The number of nitriles is 1. The molecule has 0 aliphatic rings. The van der Waals surface area contributed by atoms with E-state index >= 15 is 0 Å². The summed E-state index contributed by atoms with van der Waals surface area (Å²) in [5.41, 5.74) is 0.663. The number of nitro groups is 1. The van der Waals surface area contributed by atoms with Crippen molar-refractivity contribution in [1.29, 1.82) is 5.26 Å². The summed E-state index contributed by atoms with van der Waals surface area (Å²) < 4.78 is 5.11. The molecule has 1 unspecified atom stereocenters. The van der Waals surface area contributed by atoms with Crippen LogP contribution in [0, 0.1) is 28.4 Å². The minimum absolute atomic E-state index is 0.114. The Balaban J connectivity index is 3.07. The smallest absolute Gasteiger partial charge is 0.311 e. The largest absolute Gasteiger partial charge is 0.469 e. The number of nitrogens with zero attached hydrogens (tertiary/aromatic N) is 2. The zero-order chi connectivity index (χ0) is 11.4. The van der Waals surface area contributed by atoms with E-state index in [1.165, 1.54) is 19.1 Å². The molecule has 0 aliphatic heterocycles. The lowest BCUT2D eigenvalue weighted by molar-refractivity contribution is -0.386. The van der Waals surface area contributed by atoms with Gasteiger partial charge in [0.1, 0.15) is 6.07 Å². The van der Waals surface area contributed by atoms with Crippen LogP contribution in [0.25, 0.3) is 0 Å². The molecule has 0 aliphatic carbocycles. The van der Waals surface area contributed by atoms with Gasteiger partial charge in [-0.2, -0.15) is 5.26 Å². The van der Waals surface area contributed by atoms with Gasteiger partial charge in [-0.15, -0.1) is 0 Å². The van der Waals surface area contributed by atoms with Crippen LogP contribution in [0.2, 0.25) is 0 Å². The molecular weight excluding hydrogens is 196 g/mol. The number of rotatable bonds is 3. The third kappa shape index (κ3) is 2.68. The lowest BCUT2D eigenvalue weighted by Gasteiger charge is -2.07. The first kappa shape index (κ1) is 11.0. The van der Waals surface area contributed by atoms with E-state index in [9.17, 15) is 10.1 Å². The molecule has 1 atom stereocenters. The predicted molar refractivity (Wildman–Crippen MR) is 53.5 cm³/mol. The van der Waals surface area contributed by atoms with Crippen LogP contribution < -0.4 is 4.74 Å². The van der Waals surface area contributed by atoms with Crippen molar-refractivity contribution in [2.45, 2.75) is 20.0 Å². The molecule has 15 heavy (non-hydrogen) atoms. The van der Waals surface area contributed by atoms with E-state index in [4.69, 9.17) is 10.00 Å². The molecule has 0 aromatic heterocycles. The van der Waals surface area contributed by atoms with Gasteiger partial charge in [0.2, 0.25) is 0 Å². The highest BCUT2D eigenvalue weighted by Gasteiger charge is 2.16. The highest BCUT2D eigenvalue weighted by molar-refractivity contribution is 5.48. The van der Waals surface area contributed by atoms with Gasteiger partial charge in [-0.25, -0.2) is 0 Å². The van der Waals surface area contributed by atoms with E-state index in [0.717, 1.165) is 5.56 Å². The Morgan fingerprint density at radius 2 is 2.27 bits per heavy atom. The van der Waals surface area contributed by atoms with E-state index in [2.05, 4.69) is 0 Å². The minimum atomic E-state index is -0.702. The molecule has 1 rings (SSSR count). The van der Waals surface area contributed by atoms with Gasteiger partial charge in [0.05, 0.1) is 4.92 Å². The summed E-state index contributed by atoms with van der Waals surface area (Å²) in [4.78, 5) is 10.2. The van der Waals surface area contributed by atoms with Crippen LogP contribution in [0.15, 0.2) is 18.2 Å². The van der Waals surface area contributed by atoms with E-state index in [1.807, 2.05) is 6.07 Å². The maximum absolute atomic E-state index is 10.7. The molecule has 0 saturated heterocycles. The molecular formula is C10H10N2O3. The first-order valence-corrected chi connectivity index (χ1v) is 4.36. The lowest BCUT2D eigenvalue weighted by Crippen LogP contribution is -2.09. The molecule has 1 aromatic rings. The zero-order valence-corrected chi connectivity index (χ0v) is 8.43. The first-order chi connectivity index (χ1) is 7.04. The van der Waals surface area contributed by atoms with Crippen molar-refractivity contribution in [2.75, 3.05) is 0 Å².